The van der Waals surface area contributed by atoms with Crippen LogP contribution in [0.15, 0.2) is 36.5 Å². The number of aryl methyl sites for hydroxylation is 1. The van der Waals surface area contributed by atoms with Crippen LogP contribution in [-0.4, -0.2) is 4.98 Å². The number of hydrogen-bond acceptors (Lipinski definition) is 3. The summed E-state index contributed by atoms with van der Waals surface area (Å²) in [5.41, 5.74) is 6.93. The topological polar surface area (TPSA) is 48.1 Å². The first-order valence-corrected chi connectivity index (χ1v) is 4.81. The normalized spacial score (nSPS) is 10.1. The van der Waals surface area contributed by atoms with E-state index >= 15 is 0 Å². The smallest absolute Gasteiger partial charge is 0.153 e. The van der Waals surface area contributed by atoms with Crippen molar-refractivity contribution in [2.45, 2.75) is 6.92 Å². The van der Waals surface area contributed by atoms with Gasteiger partial charge in [-0.15, -0.1) is 0 Å². The molecule has 0 radical (unpaired) electrons. The van der Waals surface area contributed by atoms with Crippen LogP contribution >= 0.6 is 0 Å². The van der Waals surface area contributed by atoms with Crippen molar-refractivity contribution < 1.29 is 9.13 Å². The van der Waals surface area contributed by atoms with Crippen molar-refractivity contribution in [3.63, 3.8) is 0 Å². The summed E-state index contributed by atoms with van der Waals surface area (Å²) in [6.45, 7) is 1.88. The number of anilines is 1. The lowest BCUT2D eigenvalue weighted by atomic mass is 10.3. The summed E-state index contributed by atoms with van der Waals surface area (Å²) in [6, 6.07) is 7.56. The Morgan fingerprint density at radius 1 is 1.25 bits per heavy atom. The van der Waals surface area contributed by atoms with Gasteiger partial charge in [0.05, 0.1) is 11.9 Å². The van der Waals surface area contributed by atoms with Gasteiger partial charge in [-0.1, -0.05) is 0 Å². The standard InChI is InChI=1S/C12H11FN2O/c1-8-2-4-10(7-15-8)16-12-6-9(13)3-5-11(12)14/h2-7H,14H2,1H3. The Morgan fingerprint density at radius 3 is 2.75 bits per heavy atom. The second kappa shape index (κ2) is 4.18. The number of ether oxygens (including phenoxy) is 1. The van der Waals surface area contributed by atoms with Crippen molar-refractivity contribution in [3.05, 3.63) is 48.0 Å². The fourth-order valence-electron chi connectivity index (χ4n) is 1.24. The minimum atomic E-state index is -0.385. The van der Waals surface area contributed by atoms with Gasteiger partial charge in [-0.05, 0) is 31.2 Å². The summed E-state index contributed by atoms with van der Waals surface area (Å²) in [6.07, 6.45) is 1.57. The van der Waals surface area contributed by atoms with Crippen molar-refractivity contribution in [2.24, 2.45) is 0 Å². The van der Waals surface area contributed by atoms with Gasteiger partial charge in [0.15, 0.2) is 5.75 Å². The molecule has 0 aliphatic rings. The van der Waals surface area contributed by atoms with Gasteiger partial charge in [-0.3, -0.25) is 4.98 Å². The SMILES string of the molecule is Cc1ccc(Oc2cc(F)ccc2N)cn1. The first kappa shape index (κ1) is 10.4. The van der Waals surface area contributed by atoms with Gasteiger partial charge in [0.1, 0.15) is 11.6 Å². The number of benzene rings is 1. The molecule has 1 aromatic heterocycles. The van der Waals surface area contributed by atoms with E-state index in [-0.39, 0.29) is 5.82 Å². The van der Waals surface area contributed by atoms with Crippen LogP contribution in [0.1, 0.15) is 5.69 Å². The molecule has 0 aliphatic carbocycles. The van der Waals surface area contributed by atoms with Crippen molar-refractivity contribution in [2.75, 3.05) is 5.73 Å². The van der Waals surface area contributed by atoms with Crippen LogP contribution in [0.2, 0.25) is 0 Å². The largest absolute Gasteiger partial charge is 0.453 e. The Morgan fingerprint density at radius 2 is 2.06 bits per heavy atom. The van der Waals surface area contributed by atoms with E-state index in [4.69, 9.17) is 10.5 Å². The summed E-state index contributed by atoms with van der Waals surface area (Å²) in [5, 5.41) is 0. The highest BCUT2D eigenvalue weighted by Crippen LogP contribution is 2.27. The van der Waals surface area contributed by atoms with E-state index in [1.165, 1.54) is 18.2 Å². The van der Waals surface area contributed by atoms with Crippen LogP contribution in [0.3, 0.4) is 0 Å². The Bertz CT molecular complexity index is 497. The van der Waals surface area contributed by atoms with Gasteiger partial charge in [0.2, 0.25) is 0 Å². The van der Waals surface area contributed by atoms with Crippen molar-refractivity contribution in [1.82, 2.24) is 4.98 Å². The van der Waals surface area contributed by atoms with Crippen molar-refractivity contribution in [1.29, 1.82) is 0 Å². The average molecular weight is 218 g/mol. The predicted octanol–water partition coefficient (Wildman–Crippen LogP) is 2.90. The van der Waals surface area contributed by atoms with Crippen molar-refractivity contribution in [3.8, 4) is 11.5 Å². The second-order valence-corrected chi connectivity index (χ2v) is 3.42. The molecule has 0 unspecified atom stereocenters. The summed E-state index contributed by atoms with van der Waals surface area (Å²) in [5.74, 6) is 0.442. The minimum absolute atomic E-state index is 0.297. The molecule has 0 spiro atoms. The number of pyridine rings is 1. The predicted molar refractivity (Wildman–Crippen MR) is 59.9 cm³/mol. The van der Waals surface area contributed by atoms with Crippen LogP contribution in [-0.2, 0) is 0 Å². The zero-order chi connectivity index (χ0) is 11.5. The Kier molecular flexibility index (Phi) is 2.72. The highest BCUT2D eigenvalue weighted by molar-refractivity contribution is 5.53. The molecule has 16 heavy (non-hydrogen) atoms. The fraction of sp³-hybridized carbons (Fsp3) is 0.0833. The zero-order valence-corrected chi connectivity index (χ0v) is 8.77. The Hall–Kier alpha value is -2.10. The lowest BCUT2D eigenvalue weighted by Gasteiger charge is -2.07. The first-order chi connectivity index (χ1) is 7.65. The van der Waals surface area contributed by atoms with Crippen molar-refractivity contribution >= 4 is 5.69 Å². The minimum Gasteiger partial charge on any atom is -0.453 e. The van der Waals surface area contributed by atoms with Gasteiger partial charge < -0.3 is 10.5 Å². The third-order valence-electron chi connectivity index (χ3n) is 2.09. The second-order valence-electron chi connectivity index (χ2n) is 3.42. The molecule has 0 bridgehead atoms. The number of rotatable bonds is 2. The molecular weight excluding hydrogens is 207 g/mol. The fourth-order valence-corrected chi connectivity index (χ4v) is 1.24. The third-order valence-corrected chi connectivity index (χ3v) is 2.09. The lowest BCUT2D eigenvalue weighted by molar-refractivity contribution is 0.476. The van der Waals surface area contributed by atoms with Crippen LogP contribution in [0, 0.1) is 12.7 Å². The Balaban J connectivity index is 2.26. The third kappa shape index (κ3) is 2.28. The summed E-state index contributed by atoms with van der Waals surface area (Å²) >= 11 is 0. The summed E-state index contributed by atoms with van der Waals surface area (Å²) in [4.78, 5) is 4.07. The molecule has 2 N–H and O–H groups in total. The zero-order valence-electron chi connectivity index (χ0n) is 8.77. The molecule has 4 heteroatoms. The number of halogens is 1. The number of hydrogen-bond donors (Lipinski definition) is 1. The van der Waals surface area contributed by atoms with E-state index in [0.717, 1.165) is 5.69 Å². The number of nitrogens with two attached hydrogens (primary N) is 1. The van der Waals surface area contributed by atoms with E-state index in [9.17, 15) is 4.39 Å². The number of nitrogens with zero attached hydrogens (tertiary/aromatic N) is 1. The molecule has 2 aromatic rings. The van der Waals surface area contributed by atoms with E-state index in [0.29, 0.717) is 17.2 Å². The maximum absolute atomic E-state index is 13.0. The monoisotopic (exact) mass is 218 g/mol. The van der Waals surface area contributed by atoms with E-state index < -0.39 is 0 Å². The van der Waals surface area contributed by atoms with E-state index in [2.05, 4.69) is 4.98 Å². The molecule has 0 saturated heterocycles. The highest BCUT2D eigenvalue weighted by Gasteiger charge is 2.03. The number of aromatic nitrogens is 1. The van der Waals surface area contributed by atoms with Gasteiger partial charge in [-0.25, -0.2) is 4.39 Å². The van der Waals surface area contributed by atoms with Crippen LogP contribution in [0.5, 0.6) is 11.5 Å². The van der Waals surface area contributed by atoms with Gasteiger partial charge in [0.25, 0.3) is 0 Å². The molecule has 1 heterocycles. The quantitative estimate of drug-likeness (QED) is 0.788. The molecule has 82 valence electrons. The molecule has 0 amide bonds. The van der Waals surface area contributed by atoms with Crippen LogP contribution in [0.25, 0.3) is 0 Å². The van der Waals surface area contributed by atoms with Gasteiger partial charge in [-0.2, -0.15) is 0 Å². The summed E-state index contributed by atoms with van der Waals surface area (Å²) < 4.78 is 18.4. The lowest BCUT2D eigenvalue weighted by Crippen LogP contribution is -1.93. The Labute approximate surface area is 92.7 Å². The van der Waals surface area contributed by atoms with E-state index in [1.807, 2.05) is 13.0 Å². The maximum Gasteiger partial charge on any atom is 0.153 e. The molecular formula is C12H11FN2O. The first-order valence-electron chi connectivity index (χ1n) is 4.81. The van der Waals surface area contributed by atoms with E-state index in [1.54, 1.807) is 12.3 Å². The molecule has 0 saturated carbocycles. The maximum atomic E-state index is 13.0. The molecule has 1 aromatic carbocycles. The summed E-state index contributed by atoms with van der Waals surface area (Å²) in [7, 11) is 0. The average Bonchev–Trinajstić information content (AvgIpc) is 2.27. The molecule has 2 rings (SSSR count). The highest BCUT2D eigenvalue weighted by atomic mass is 19.1. The van der Waals surface area contributed by atoms with Gasteiger partial charge >= 0.3 is 0 Å². The molecule has 0 atom stereocenters. The molecule has 0 fully saturated rings. The van der Waals surface area contributed by atoms with Gasteiger partial charge in [0, 0.05) is 11.8 Å². The molecule has 0 aliphatic heterocycles. The van der Waals surface area contributed by atoms with Crippen LogP contribution in [0.4, 0.5) is 10.1 Å². The molecule has 3 nitrogen and oxygen atoms in total. The number of nitrogen functional groups attached to an aromatic ring is 1. The van der Waals surface area contributed by atoms with Crippen LogP contribution < -0.4 is 10.5 Å².